The predicted molar refractivity (Wildman–Crippen MR) is 88.5 cm³/mol. The van der Waals surface area contributed by atoms with Crippen LogP contribution in [0.3, 0.4) is 0 Å². The van der Waals surface area contributed by atoms with Crippen molar-refractivity contribution in [3.63, 3.8) is 0 Å². The van der Waals surface area contributed by atoms with Crippen molar-refractivity contribution < 1.29 is 4.74 Å². The lowest BCUT2D eigenvalue weighted by Gasteiger charge is -2.29. The molecule has 5 nitrogen and oxygen atoms in total. The summed E-state index contributed by atoms with van der Waals surface area (Å²) in [5.74, 6) is 2.26. The van der Waals surface area contributed by atoms with E-state index in [4.69, 9.17) is 12.6 Å². The standard InChI is InChI=1S/C17H21BN4O/c18-17-21-20-16-7-15(14(8-22(16)17)11-1-2-11)23-9-10-5-12-3-4-13(6-10)19-12/h7-8,10-13,19H,1-6,9H2. The molecule has 0 spiro atoms. The van der Waals surface area contributed by atoms with Crippen LogP contribution < -0.4 is 15.8 Å². The van der Waals surface area contributed by atoms with Gasteiger partial charge in [0.1, 0.15) is 5.75 Å². The van der Waals surface area contributed by atoms with E-state index in [1.54, 1.807) is 0 Å². The monoisotopic (exact) mass is 308 g/mol. The van der Waals surface area contributed by atoms with E-state index in [-0.39, 0.29) is 0 Å². The van der Waals surface area contributed by atoms with E-state index in [0.717, 1.165) is 18.0 Å². The first-order chi connectivity index (χ1) is 11.3. The van der Waals surface area contributed by atoms with Crippen molar-refractivity contribution in [3.05, 3.63) is 17.8 Å². The number of aromatic nitrogens is 3. The summed E-state index contributed by atoms with van der Waals surface area (Å²) in [6.45, 7) is 0.814. The SMILES string of the molecule is [B]c1nnc2cc(OCC3CC4CCC(C3)N4)c(C3CC3)cn12. The molecule has 1 saturated carbocycles. The summed E-state index contributed by atoms with van der Waals surface area (Å²) in [6.07, 6.45) is 9.70. The molecule has 2 saturated heterocycles. The van der Waals surface area contributed by atoms with Crippen molar-refractivity contribution >= 4 is 19.2 Å². The fraction of sp³-hybridized carbons (Fsp3) is 0.647. The largest absolute Gasteiger partial charge is 0.493 e. The summed E-state index contributed by atoms with van der Waals surface area (Å²) in [7, 11) is 5.89. The van der Waals surface area contributed by atoms with Crippen LogP contribution in [-0.4, -0.2) is 41.1 Å². The number of rotatable bonds is 4. The van der Waals surface area contributed by atoms with Crippen LogP contribution in [0.5, 0.6) is 5.75 Å². The number of fused-ring (bicyclic) bond motifs is 3. The average molecular weight is 308 g/mol. The van der Waals surface area contributed by atoms with Crippen molar-refractivity contribution in [2.45, 2.75) is 56.5 Å². The predicted octanol–water partition coefficient (Wildman–Crippen LogP) is 1.31. The maximum Gasteiger partial charge on any atom is 0.170 e. The molecule has 2 aromatic heterocycles. The summed E-state index contributed by atoms with van der Waals surface area (Å²) in [5.41, 5.74) is 2.48. The maximum atomic E-state index is 6.27. The van der Waals surface area contributed by atoms with Crippen LogP contribution in [0, 0.1) is 5.92 Å². The van der Waals surface area contributed by atoms with E-state index < -0.39 is 0 Å². The second-order valence-corrected chi connectivity index (χ2v) is 7.44. The molecule has 2 aromatic rings. The van der Waals surface area contributed by atoms with E-state index in [2.05, 4.69) is 21.7 Å². The van der Waals surface area contributed by atoms with Gasteiger partial charge in [-0.3, -0.25) is 4.40 Å². The minimum absolute atomic E-state index is 0.448. The van der Waals surface area contributed by atoms with Gasteiger partial charge in [-0.05, 0) is 50.4 Å². The highest BCUT2D eigenvalue weighted by Gasteiger charge is 2.34. The van der Waals surface area contributed by atoms with Crippen LogP contribution in [0.15, 0.2) is 12.3 Å². The number of hydrogen-bond acceptors (Lipinski definition) is 4. The highest BCUT2D eigenvalue weighted by molar-refractivity contribution is 6.29. The Morgan fingerprint density at radius 2 is 1.96 bits per heavy atom. The van der Waals surface area contributed by atoms with Crippen molar-refractivity contribution in [1.82, 2.24) is 19.9 Å². The molecule has 2 aliphatic heterocycles. The molecule has 2 atom stereocenters. The molecule has 0 aromatic carbocycles. The van der Waals surface area contributed by atoms with Crippen molar-refractivity contribution in [2.24, 2.45) is 5.92 Å². The number of hydrogen-bond donors (Lipinski definition) is 1. The van der Waals surface area contributed by atoms with Gasteiger partial charge in [0.15, 0.2) is 13.5 Å². The first kappa shape index (κ1) is 13.8. The molecule has 118 valence electrons. The molecule has 6 heteroatoms. The highest BCUT2D eigenvalue weighted by Crippen LogP contribution is 2.44. The molecule has 0 amide bonds. The Bertz CT molecular complexity index is 730. The lowest BCUT2D eigenvalue weighted by Crippen LogP contribution is -2.39. The molecule has 3 fully saturated rings. The van der Waals surface area contributed by atoms with E-state index in [1.165, 1.54) is 44.1 Å². The van der Waals surface area contributed by atoms with Gasteiger partial charge >= 0.3 is 0 Å². The molecule has 2 bridgehead atoms. The lowest BCUT2D eigenvalue weighted by molar-refractivity contribution is 0.189. The second-order valence-electron chi connectivity index (χ2n) is 7.44. The lowest BCUT2D eigenvalue weighted by atomic mass is 9.93. The maximum absolute atomic E-state index is 6.27. The van der Waals surface area contributed by atoms with Crippen LogP contribution in [-0.2, 0) is 0 Å². The number of ether oxygens (including phenoxy) is 1. The van der Waals surface area contributed by atoms with Crippen LogP contribution in [0.25, 0.3) is 5.65 Å². The van der Waals surface area contributed by atoms with Crippen molar-refractivity contribution in [2.75, 3.05) is 6.61 Å². The van der Waals surface area contributed by atoms with Crippen LogP contribution in [0.1, 0.15) is 50.0 Å². The average Bonchev–Trinajstić information content (AvgIpc) is 3.27. The summed E-state index contributed by atoms with van der Waals surface area (Å²) in [6, 6.07) is 3.43. The molecule has 1 aliphatic carbocycles. The molecule has 2 unspecified atom stereocenters. The Hall–Kier alpha value is -1.56. The molecule has 1 N–H and O–H groups in total. The third kappa shape index (κ3) is 2.53. The van der Waals surface area contributed by atoms with E-state index in [0.29, 0.717) is 29.6 Å². The van der Waals surface area contributed by atoms with Crippen LogP contribution in [0.2, 0.25) is 0 Å². The molecule has 2 radical (unpaired) electrons. The third-order valence-electron chi connectivity index (χ3n) is 5.62. The van der Waals surface area contributed by atoms with E-state index in [9.17, 15) is 0 Å². The second kappa shape index (κ2) is 5.23. The van der Waals surface area contributed by atoms with Crippen molar-refractivity contribution in [1.29, 1.82) is 0 Å². The molecule has 4 heterocycles. The zero-order valence-electron chi connectivity index (χ0n) is 13.2. The van der Waals surface area contributed by atoms with Gasteiger partial charge in [0, 0.05) is 29.9 Å². The Kier molecular flexibility index (Phi) is 3.15. The smallest absolute Gasteiger partial charge is 0.170 e. The zero-order valence-corrected chi connectivity index (χ0v) is 13.2. The first-order valence-electron chi connectivity index (χ1n) is 8.79. The summed E-state index contributed by atoms with van der Waals surface area (Å²) in [4.78, 5) is 0. The quantitative estimate of drug-likeness (QED) is 0.865. The van der Waals surface area contributed by atoms with Gasteiger partial charge in [-0.15, -0.1) is 10.2 Å². The zero-order chi connectivity index (χ0) is 15.4. The molecular formula is C17H21BN4O. The van der Waals surface area contributed by atoms with E-state index in [1.807, 2.05) is 10.5 Å². The topological polar surface area (TPSA) is 51.5 Å². The van der Waals surface area contributed by atoms with Gasteiger partial charge in [0.05, 0.1) is 12.3 Å². The van der Waals surface area contributed by atoms with E-state index >= 15 is 0 Å². The molecule has 3 aliphatic rings. The molecule has 5 rings (SSSR count). The van der Waals surface area contributed by atoms with Gasteiger partial charge in [-0.25, -0.2) is 0 Å². The highest BCUT2D eigenvalue weighted by atomic mass is 16.5. The molecule has 23 heavy (non-hydrogen) atoms. The minimum atomic E-state index is 0.448. The number of nitrogens with one attached hydrogen (secondary N) is 1. The van der Waals surface area contributed by atoms with Crippen LogP contribution in [0.4, 0.5) is 0 Å². The van der Waals surface area contributed by atoms with Gasteiger partial charge in [-0.2, -0.15) is 0 Å². The first-order valence-corrected chi connectivity index (χ1v) is 8.79. The number of piperidine rings is 1. The van der Waals surface area contributed by atoms with Gasteiger partial charge < -0.3 is 10.1 Å². The molecular weight excluding hydrogens is 287 g/mol. The fourth-order valence-electron chi connectivity index (χ4n) is 4.29. The number of pyridine rings is 1. The summed E-state index contributed by atoms with van der Waals surface area (Å²) >= 11 is 0. The normalized spacial score (nSPS) is 30.0. The number of nitrogens with zero attached hydrogens (tertiary/aromatic N) is 3. The Morgan fingerprint density at radius 3 is 2.70 bits per heavy atom. The fourth-order valence-corrected chi connectivity index (χ4v) is 4.29. The van der Waals surface area contributed by atoms with Crippen molar-refractivity contribution in [3.8, 4) is 5.75 Å². The Labute approximate surface area is 137 Å². The Balaban J connectivity index is 1.38. The Morgan fingerprint density at radius 1 is 1.17 bits per heavy atom. The van der Waals surface area contributed by atoms with Crippen LogP contribution >= 0.6 is 0 Å². The summed E-state index contributed by atoms with van der Waals surface area (Å²) in [5, 5.41) is 11.8. The minimum Gasteiger partial charge on any atom is -0.493 e. The van der Waals surface area contributed by atoms with Gasteiger partial charge in [0.2, 0.25) is 0 Å². The van der Waals surface area contributed by atoms with Gasteiger partial charge in [-0.1, -0.05) is 0 Å². The summed E-state index contributed by atoms with van der Waals surface area (Å²) < 4.78 is 8.14. The third-order valence-corrected chi connectivity index (χ3v) is 5.62. The van der Waals surface area contributed by atoms with Gasteiger partial charge in [0.25, 0.3) is 0 Å².